The SMILES string of the molecule is CCn1cc(/C=C/C(=O)C23CC4CC(CC(C4)C2)C3)c(C)n1. The Hall–Kier alpha value is -1.38. The maximum atomic E-state index is 12.9. The molecule has 0 N–H and O–H groups in total. The second kappa shape index (κ2) is 5.07. The van der Waals surface area contributed by atoms with Crippen LogP contribution in [-0.4, -0.2) is 15.6 Å². The van der Waals surface area contributed by atoms with E-state index in [0.29, 0.717) is 5.78 Å². The molecule has 1 aromatic heterocycles. The van der Waals surface area contributed by atoms with Gasteiger partial charge in [0.15, 0.2) is 5.78 Å². The van der Waals surface area contributed by atoms with Crippen molar-refractivity contribution in [1.29, 1.82) is 0 Å². The highest BCUT2D eigenvalue weighted by Crippen LogP contribution is 2.60. The first-order valence-corrected chi connectivity index (χ1v) is 8.84. The molecule has 4 fully saturated rings. The van der Waals surface area contributed by atoms with E-state index in [0.717, 1.165) is 54.8 Å². The largest absolute Gasteiger partial charge is 0.294 e. The summed E-state index contributed by atoms with van der Waals surface area (Å²) >= 11 is 0. The number of hydrogen-bond acceptors (Lipinski definition) is 2. The number of carbonyl (C=O) groups is 1. The zero-order valence-corrected chi connectivity index (χ0v) is 13.7. The maximum Gasteiger partial charge on any atom is 0.161 e. The van der Waals surface area contributed by atoms with Gasteiger partial charge in [0.25, 0.3) is 0 Å². The van der Waals surface area contributed by atoms with E-state index in [-0.39, 0.29) is 5.41 Å². The summed E-state index contributed by atoms with van der Waals surface area (Å²) in [6.45, 7) is 4.97. The van der Waals surface area contributed by atoms with Crippen molar-refractivity contribution in [2.45, 2.75) is 58.9 Å². The van der Waals surface area contributed by atoms with Crippen molar-refractivity contribution < 1.29 is 4.79 Å². The zero-order valence-electron chi connectivity index (χ0n) is 13.7. The molecule has 0 atom stereocenters. The Balaban J connectivity index is 1.54. The third kappa shape index (κ3) is 2.26. The van der Waals surface area contributed by atoms with Crippen LogP contribution in [0.4, 0.5) is 0 Å². The molecule has 3 heteroatoms. The molecule has 0 aromatic carbocycles. The molecule has 4 aliphatic carbocycles. The Labute approximate surface area is 132 Å². The molecular formula is C19H26N2O. The van der Waals surface area contributed by atoms with E-state index in [1.54, 1.807) is 0 Å². The first-order chi connectivity index (χ1) is 10.6. The zero-order chi connectivity index (χ0) is 15.3. The fourth-order valence-electron chi connectivity index (χ4n) is 5.61. The van der Waals surface area contributed by atoms with Crippen molar-refractivity contribution in [3.05, 3.63) is 23.5 Å². The molecule has 5 rings (SSSR count). The molecule has 0 aliphatic heterocycles. The van der Waals surface area contributed by atoms with E-state index < -0.39 is 0 Å². The van der Waals surface area contributed by atoms with Crippen molar-refractivity contribution in [3.8, 4) is 0 Å². The van der Waals surface area contributed by atoms with Gasteiger partial charge in [0.2, 0.25) is 0 Å². The summed E-state index contributed by atoms with van der Waals surface area (Å²) in [6, 6.07) is 0. The average molecular weight is 298 g/mol. The smallest absolute Gasteiger partial charge is 0.161 e. The minimum Gasteiger partial charge on any atom is -0.294 e. The first kappa shape index (κ1) is 14.2. The summed E-state index contributed by atoms with van der Waals surface area (Å²) in [5, 5.41) is 4.45. The maximum absolute atomic E-state index is 12.9. The monoisotopic (exact) mass is 298 g/mol. The van der Waals surface area contributed by atoms with E-state index in [9.17, 15) is 4.79 Å². The minimum atomic E-state index is -0.0140. The van der Waals surface area contributed by atoms with E-state index >= 15 is 0 Å². The predicted molar refractivity (Wildman–Crippen MR) is 87.3 cm³/mol. The van der Waals surface area contributed by atoms with Crippen LogP contribution in [0.3, 0.4) is 0 Å². The number of hydrogen-bond donors (Lipinski definition) is 0. The summed E-state index contributed by atoms with van der Waals surface area (Å²) < 4.78 is 1.93. The van der Waals surface area contributed by atoms with Crippen molar-refractivity contribution in [2.75, 3.05) is 0 Å². The van der Waals surface area contributed by atoms with Crippen LogP contribution in [0.2, 0.25) is 0 Å². The van der Waals surface area contributed by atoms with E-state index in [4.69, 9.17) is 0 Å². The van der Waals surface area contributed by atoms with Gasteiger partial charge in [-0.2, -0.15) is 5.10 Å². The van der Waals surface area contributed by atoms with Crippen LogP contribution < -0.4 is 0 Å². The van der Waals surface area contributed by atoms with Gasteiger partial charge in [-0.1, -0.05) is 0 Å². The van der Waals surface area contributed by atoms with Gasteiger partial charge in [0.1, 0.15) is 0 Å². The van der Waals surface area contributed by atoms with Gasteiger partial charge in [-0.25, -0.2) is 0 Å². The summed E-state index contributed by atoms with van der Waals surface area (Å²) in [7, 11) is 0. The first-order valence-electron chi connectivity index (χ1n) is 8.84. The second-order valence-electron chi connectivity index (χ2n) is 7.92. The predicted octanol–water partition coefficient (Wildman–Crippen LogP) is 4.01. The lowest BCUT2D eigenvalue weighted by Crippen LogP contribution is -2.49. The van der Waals surface area contributed by atoms with Crippen LogP contribution in [0, 0.1) is 30.1 Å². The average Bonchev–Trinajstić information content (AvgIpc) is 2.83. The van der Waals surface area contributed by atoms with Crippen LogP contribution in [0.25, 0.3) is 6.08 Å². The molecule has 4 aliphatic rings. The third-order valence-electron chi connectivity index (χ3n) is 6.28. The molecular weight excluding hydrogens is 272 g/mol. The van der Waals surface area contributed by atoms with Crippen molar-refractivity contribution in [1.82, 2.24) is 9.78 Å². The molecule has 4 bridgehead atoms. The highest BCUT2D eigenvalue weighted by Gasteiger charge is 2.53. The quantitative estimate of drug-likeness (QED) is 0.787. The highest BCUT2D eigenvalue weighted by atomic mass is 16.1. The Morgan fingerprint density at radius 2 is 1.86 bits per heavy atom. The summed E-state index contributed by atoms with van der Waals surface area (Å²) in [5.41, 5.74) is 2.08. The molecule has 1 heterocycles. The Kier molecular flexibility index (Phi) is 3.28. The molecule has 0 radical (unpaired) electrons. The number of nitrogens with zero attached hydrogens (tertiary/aromatic N) is 2. The standard InChI is InChI=1S/C19H26N2O/c1-3-21-12-17(13(2)20-21)4-5-18(22)19-9-14-6-15(10-19)8-16(7-14)11-19/h4-5,12,14-16H,3,6-11H2,1-2H3/b5-4+. The third-order valence-corrected chi connectivity index (χ3v) is 6.28. The van der Waals surface area contributed by atoms with Gasteiger partial charge < -0.3 is 0 Å². The molecule has 0 amide bonds. The van der Waals surface area contributed by atoms with Crippen molar-refractivity contribution >= 4 is 11.9 Å². The Morgan fingerprint density at radius 3 is 2.36 bits per heavy atom. The number of rotatable bonds is 4. The summed E-state index contributed by atoms with van der Waals surface area (Å²) in [4.78, 5) is 12.9. The minimum absolute atomic E-state index is 0.0140. The van der Waals surface area contributed by atoms with Crippen LogP contribution in [0.5, 0.6) is 0 Å². The van der Waals surface area contributed by atoms with Gasteiger partial charge >= 0.3 is 0 Å². The molecule has 3 nitrogen and oxygen atoms in total. The van der Waals surface area contributed by atoms with Crippen molar-refractivity contribution in [2.24, 2.45) is 23.2 Å². The molecule has 0 saturated heterocycles. The fourth-order valence-corrected chi connectivity index (χ4v) is 5.61. The van der Waals surface area contributed by atoms with Crippen LogP contribution in [0.15, 0.2) is 12.3 Å². The lowest BCUT2D eigenvalue weighted by molar-refractivity contribution is -0.138. The van der Waals surface area contributed by atoms with E-state index in [1.807, 2.05) is 30.0 Å². The number of aryl methyl sites for hydroxylation is 2. The molecule has 0 spiro atoms. The topological polar surface area (TPSA) is 34.9 Å². The van der Waals surface area contributed by atoms with Gasteiger partial charge in [-0.3, -0.25) is 9.48 Å². The van der Waals surface area contributed by atoms with Crippen LogP contribution in [-0.2, 0) is 11.3 Å². The lowest BCUT2D eigenvalue weighted by atomic mass is 9.48. The van der Waals surface area contributed by atoms with E-state index in [2.05, 4.69) is 12.0 Å². The number of ketones is 1. The second-order valence-corrected chi connectivity index (χ2v) is 7.92. The van der Waals surface area contributed by atoms with Gasteiger partial charge in [-0.05, 0) is 82.3 Å². The van der Waals surface area contributed by atoms with Crippen LogP contribution >= 0.6 is 0 Å². The molecule has 0 unspecified atom stereocenters. The van der Waals surface area contributed by atoms with Gasteiger partial charge in [0.05, 0.1) is 5.69 Å². The fraction of sp³-hybridized carbons (Fsp3) is 0.684. The molecule has 4 saturated carbocycles. The van der Waals surface area contributed by atoms with Gasteiger partial charge in [0, 0.05) is 23.7 Å². The highest BCUT2D eigenvalue weighted by molar-refractivity contribution is 5.98. The normalized spacial score (nSPS) is 36.4. The summed E-state index contributed by atoms with van der Waals surface area (Å²) in [5.74, 6) is 2.87. The number of allylic oxidation sites excluding steroid dienone is 1. The summed E-state index contributed by atoms with van der Waals surface area (Å²) in [6.07, 6.45) is 13.5. The molecule has 118 valence electrons. The van der Waals surface area contributed by atoms with Gasteiger partial charge in [-0.15, -0.1) is 0 Å². The van der Waals surface area contributed by atoms with E-state index in [1.165, 1.54) is 19.3 Å². The number of aromatic nitrogens is 2. The number of carbonyl (C=O) groups excluding carboxylic acids is 1. The Morgan fingerprint density at radius 1 is 1.27 bits per heavy atom. The lowest BCUT2D eigenvalue weighted by Gasteiger charge is -2.55. The Bertz CT molecular complexity index is 590. The molecule has 22 heavy (non-hydrogen) atoms. The van der Waals surface area contributed by atoms with Crippen molar-refractivity contribution in [3.63, 3.8) is 0 Å². The molecule has 1 aromatic rings. The van der Waals surface area contributed by atoms with Crippen LogP contribution in [0.1, 0.15) is 56.7 Å².